The standard InChI is InChI=1S/C9H20N2/c1-6-11-8(10-5)7-9(2,3)4/h6-7H2,1-5H3,(H,10,11). The van der Waals surface area contributed by atoms with Gasteiger partial charge in [-0.25, -0.2) is 0 Å². The van der Waals surface area contributed by atoms with Crippen LogP contribution >= 0.6 is 0 Å². The highest BCUT2D eigenvalue weighted by atomic mass is 15.0. The number of nitrogens with one attached hydrogen (secondary N) is 1. The molecule has 0 fully saturated rings. The van der Waals surface area contributed by atoms with Gasteiger partial charge in [0.2, 0.25) is 0 Å². The van der Waals surface area contributed by atoms with Gasteiger partial charge in [0.25, 0.3) is 0 Å². The van der Waals surface area contributed by atoms with Crippen molar-refractivity contribution in [2.75, 3.05) is 13.6 Å². The van der Waals surface area contributed by atoms with Crippen LogP contribution in [0.1, 0.15) is 34.1 Å². The van der Waals surface area contributed by atoms with Crippen LogP contribution in [0.4, 0.5) is 0 Å². The second-order valence-electron chi connectivity index (χ2n) is 3.94. The molecule has 11 heavy (non-hydrogen) atoms. The SMILES string of the molecule is CCNC(CC(C)(C)C)=NC. The molecular formula is C9H20N2. The molecule has 1 N–H and O–H groups in total. The van der Waals surface area contributed by atoms with Gasteiger partial charge >= 0.3 is 0 Å². The van der Waals surface area contributed by atoms with E-state index < -0.39 is 0 Å². The Balaban J connectivity index is 3.90. The maximum absolute atomic E-state index is 4.17. The van der Waals surface area contributed by atoms with Gasteiger partial charge in [-0.2, -0.15) is 0 Å². The maximum atomic E-state index is 4.17. The van der Waals surface area contributed by atoms with Gasteiger partial charge in [0, 0.05) is 20.0 Å². The summed E-state index contributed by atoms with van der Waals surface area (Å²) in [4.78, 5) is 4.17. The fraction of sp³-hybridized carbons (Fsp3) is 0.889. The Bertz CT molecular complexity index is 131. The molecule has 0 aliphatic carbocycles. The van der Waals surface area contributed by atoms with E-state index in [0.29, 0.717) is 5.41 Å². The van der Waals surface area contributed by atoms with Crippen LogP contribution < -0.4 is 5.32 Å². The molecule has 0 aromatic heterocycles. The van der Waals surface area contributed by atoms with Crippen molar-refractivity contribution in [1.29, 1.82) is 0 Å². The topological polar surface area (TPSA) is 24.4 Å². The van der Waals surface area contributed by atoms with Gasteiger partial charge in [-0.05, 0) is 12.3 Å². The molecule has 0 saturated heterocycles. The van der Waals surface area contributed by atoms with E-state index in [-0.39, 0.29) is 0 Å². The third-order valence-electron chi connectivity index (χ3n) is 1.35. The molecule has 0 spiro atoms. The summed E-state index contributed by atoms with van der Waals surface area (Å²) >= 11 is 0. The lowest BCUT2D eigenvalue weighted by Crippen LogP contribution is -2.27. The van der Waals surface area contributed by atoms with Crippen LogP contribution in [-0.2, 0) is 0 Å². The van der Waals surface area contributed by atoms with Crippen LogP contribution in [0.2, 0.25) is 0 Å². The monoisotopic (exact) mass is 156 g/mol. The highest BCUT2D eigenvalue weighted by Gasteiger charge is 2.12. The van der Waals surface area contributed by atoms with Crippen LogP contribution in [0.15, 0.2) is 4.99 Å². The maximum Gasteiger partial charge on any atom is 0.0964 e. The van der Waals surface area contributed by atoms with E-state index in [4.69, 9.17) is 0 Å². The predicted octanol–water partition coefficient (Wildman–Crippen LogP) is 2.06. The molecule has 0 heterocycles. The molecule has 2 heteroatoms. The van der Waals surface area contributed by atoms with Gasteiger partial charge in [0.1, 0.15) is 0 Å². The first-order chi connectivity index (χ1) is 4.99. The number of hydrogen-bond acceptors (Lipinski definition) is 1. The fourth-order valence-corrected chi connectivity index (χ4v) is 0.927. The lowest BCUT2D eigenvalue weighted by atomic mass is 9.92. The van der Waals surface area contributed by atoms with E-state index in [1.165, 1.54) is 0 Å². The van der Waals surface area contributed by atoms with Crippen molar-refractivity contribution < 1.29 is 0 Å². The van der Waals surface area contributed by atoms with Crippen LogP contribution in [0.3, 0.4) is 0 Å². The zero-order valence-electron chi connectivity index (χ0n) is 8.36. The van der Waals surface area contributed by atoms with Gasteiger partial charge in [-0.3, -0.25) is 4.99 Å². The lowest BCUT2D eigenvalue weighted by Gasteiger charge is -2.19. The first kappa shape index (κ1) is 10.5. The molecule has 0 unspecified atom stereocenters. The van der Waals surface area contributed by atoms with Gasteiger partial charge in [-0.15, -0.1) is 0 Å². The Morgan fingerprint density at radius 1 is 1.36 bits per heavy atom. The summed E-state index contributed by atoms with van der Waals surface area (Å²) in [6.07, 6.45) is 1.03. The molecule has 0 aromatic rings. The van der Waals surface area contributed by atoms with E-state index in [1.54, 1.807) is 0 Å². The van der Waals surface area contributed by atoms with Crippen molar-refractivity contribution in [3.05, 3.63) is 0 Å². The van der Waals surface area contributed by atoms with Crippen LogP contribution in [0, 0.1) is 5.41 Å². The van der Waals surface area contributed by atoms with E-state index in [1.807, 2.05) is 7.05 Å². The minimum absolute atomic E-state index is 0.330. The van der Waals surface area contributed by atoms with Crippen LogP contribution in [-0.4, -0.2) is 19.4 Å². The largest absolute Gasteiger partial charge is 0.374 e. The molecule has 0 rings (SSSR count). The summed E-state index contributed by atoms with van der Waals surface area (Å²) in [5.41, 5.74) is 0.330. The van der Waals surface area contributed by atoms with E-state index in [2.05, 4.69) is 38.0 Å². The summed E-state index contributed by atoms with van der Waals surface area (Å²) < 4.78 is 0. The van der Waals surface area contributed by atoms with Crippen molar-refractivity contribution in [3.63, 3.8) is 0 Å². The molecule has 0 atom stereocenters. The fourth-order valence-electron chi connectivity index (χ4n) is 0.927. The minimum Gasteiger partial charge on any atom is -0.374 e. The summed E-state index contributed by atoms with van der Waals surface area (Å²) in [6.45, 7) is 9.71. The molecule has 0 aliphatic heterocycles. The van der Waals surface area contributed by atoms with Crippen molar-refractivity contribution in [2.24, 2.45) is 10.4 Å². The van der Waals surface area contributed by atoms with Gasteiger partial charge in [0.15, 0.2) is 0 Å². The Labute approximate surface area is 70.1 Å². The zero-order valence-corrected chi connectivity index (χ0v) is 8.36. The molecular weight excluding hydrogens is 136 g/mol. The van der Waals surface area contributed by atoms with E-state index >= 15 is 0 Å². The van der Waals surface area contributed by atoms with Crippen molar-refractivity contribution in [2.45, 2.75) is 34.1 Å². The van der Waals surface area contributed by atoms with Gasteiger partial charge < -0.3 is 5.32 Å². The Kier molecular flexibility index (Phi) is 4.16. The zero-order chi connectivity index (χ0) is 8.91. The van der Waals surface area contributed by atoms with E-state index in [0.717, 1.165) is 18.8 Å². The molecule has 0 saturated carbocycles. The molecule has 0 amide bonds. The molecule has 0 radical (unpaired) electrons. The molecule has 2 nitrogen and oxygen atoms in total. The predicted molar refractivity (Wildman–Crippen MR) is 51.1 cm³/mol. The van der Waals surface area contributed by atoms with Crippen molar-refractivity contribution in [3.8, 4) is 0 Å². The third-order valence-corrected chi connectivity index (χ3v) is 1.35. The molecule has 0 bridgehead atoms. The highest BCUT2D eigenvalue weighted by molar-refractivity contribution is 5.82. The first-order valence-electron chi connectivity index (χ1n) is 4.19. The van der Waals surface area contributed by atoms with Crippen molar-refractivity contribution in [1.82, 2.24) is 5.32 Å². The number of rotatable bonds is 2. The normalized spacial score (nSPS) is 13.4. The van der Waals surface area contributed by atoms with Gasteiger partial charge in [-0.1, -0.05) is 20.8 Å². The minimum atomic E-state index is 0.330. The van der Waals surface area contributed by atoms with E-state index in [9.17, 15) is 0 Å². The average Bonchev–Trinajstić information content (AvgIpc) is 1.84. The average molecular weight is 156 g/mol. The molecule has 0 aliphatic rings. The summed E-state index contributed by atoms with van der Waals surface area (Å²) in [6, 6.07) is 0. The van der Waals surface area contributed by atoms with Crippen molar-refractivity contribution >= 4 is 5.84 Å². The number of nitrogens with zero attached hydrogens (tertiary/aromatic N) is 1. The lowest BCUT2D eigenvalue weighted by molar-refractivity contribution is 0.429. The second kappa shape index (κ2) is 4.37. The highest BCUT2D eigenvalue weighted by Crippen LogP contribution is 2.18. The molecule has 0 aromatic carbocycles. The smallest absolute Gasteiger partial charge is 0.0964 e. The number of aliphatic imine (C=N–C) groups is 1. The van der Waals surface area contributed by atoms with Crippen LogP contribution in [0.5, 0.6) is 0 Å². The summed E-state index contributed by atoms with van der Waals surface area (Å²) in [5.74, 6) is 1.11. The first-order valence-corrected chi connectivity index (χ1v) is 4.19. The Morgan fingerprint density at radius 2 is 1.91 bits per heavy atom. The number of hydrogen-bond donors (Lipinski definition) is 1. The van der Waals surface area contributed by atoms with Crippen LogP contribution in [0.25, 0.3) is 0 Å². The summed E-state index contributed by atoms with van der Waals surface area (Å²) in [5, 5.41) is 3.24. The molecule has 66 valence electrons. The Hall–Kier alpha value is -0.530. The second-order valence-corrected chi connectivity index (χ2v) is 3.94. The third kappa shape index (κ3) is 5.89. The summed E-state index contributed by atoms with van der Waals surface area (Å²) in [7, 11) is 1.84. The number of amidine groups is 1. The quantitative estimate of drug-likeness (QED) is 0.480. The van der Waals surface area contributed by atoms with Gasteiger partial charge in [0.05, 0.1) is 5.84 Å². The Morgan fingerprint density at radius 3 is 2.18 bits per heavy atom.